The van der Waals surface area contributed by atoms with Gasteiger partial charge in [0, 0.05) is 6.04 Å². The molecule has 1 aliphatic heterocycles. The average molecular weight is 247 g/mol. The second-order valence-electron chi connectivity index (χ2n) is 5.06. The molecule has 0 saturated carbocycles. The van der Waals surface area contributed by atoms with Crippen LogP contribution in [0.4, 0.5) is 0 Å². The lowest BCUT2D eigenvalue weighted by Gasteiger charge is -2.30. The number of esters is 1. The highest BCUT2D eigenvalue weighted by atomic mass is 16.5. The second kappa shape index (κ2) is 5.53. The summed E-state index contributed by atoms with van der Waals surface area (Å²) in [7, 11) is 1.47. The molecule has 1 aromatic carbocycles. The summed E-state index contributed by atoms with van der Waals surface area (Å²) in [6.07, 6.45) is 1.05. The Labute approximate surface area is 109 Å². The molecule has 0 N–H and O–H groups in total. The third-order valence-electron chi connectivity index (χ3n) is 3.96. The van der Waals surface area contributed by atoms with Gasteiger partial charge in [0.1, 0.15) is 6.04 Å². The minimum absolute atomic E-state index is 0.106. The molecule has 0 aliphatic carbocycles. The predicted molar refractivity (Wildman–Crippen MR) is 71.1 cm³/mol. The fraction of sp³-hybridized carbons (Fsp3) is 0.533. The SMILES string of the molecule is COC(=O)C1C(C)CCN1C(C)c1ccccc1. The van der Waals surface area contributed by atoms with Crippen LogP contribution >= 0.6 is 0 Å². The van der Waals surface area contributed by atoms with Crippen molar-refractivity contribution in [1.29, 1.82) is 0 Å². The molecule has 1 saturated heterocycles. The van der Waals surface area contributed by atoms with Crippen LogP contribution in [0.25, 0.3) is 0 Å². The molecule has 0 aromatic heterocycles. The smallest absolute Gasteiger partial charge is 0.323 e. The molecule has 0 amide bonds. The van der Waals surface area contributed by atoms with Crippen LogP contribution in [0.2, 0.25) is 0 Å². The summed E-state index contributed by atoms with van der Waals surface area (Å²) in [4.78, 5) is 14.2. The maximum atomic E-state index is 11.9. The summed E-state index contributed by atoms with van der Waals surface area (Å²) in [6.45, 7) is 5.24. The molecule has 1 aliphatic rings. The summed E-state index contributed by atoms with van der Waals surface area (Å²) >= 11 is 0. The predicted octanol–water partition coefficient (Wildman–Crippen LogP) is 2.63. The Balaban J connectivity index is 2.19. The maximum Gasteiger partial charge on any atom is 0.323 e. The number of methoxy groups -OCH3 is 1. The molecule has 2 rings (SSSR count). The molecule has 98 valence electrons. The van der Waals surface area contributed by atoms with Gasteiger partial charge in [-0.05, 0) is 31.4 Å². The molecule has 3 heteroatoms. The lowest BCUT2D eigenvalue weighted by molar-refractivity contribution is -0.147. The van der Waals surface area contributed by atoms with E-state index in [1.807, 2.05) is 18.2 Å². The zero-order chi connectivity index (χ0) is 13.1. The highest BCUT2D eigenvalue weighted by Gasteiger charge is 2.39. The standard InChI is InChI=1S/C15H21NO2/c1-11-9-10-16(14(11)15(17)18-3)12(2)13-7-5-4-6-8-13/h4-8,11-12,14H,9-10H2,1-3H3. The maximum absolute atomic E-state index is 11.9. The van der Waals surface area contributed by atoms with Gasteiger partial charge < -0.3 is 4.74 Å². The van der Waals surface area contributed by atoms with Crippen molar-refractivity contribution >= 4 is 5.97 Å². The van der Waals surface area contributed by atoms with E-state index in [4.69, 9.17) is 4.74 Å². The number of rotatable bonds is 3. The van der Waals surface area contributed by atoms with Crippen LogP contribution in [0.1, 0.15) is 31.9 Å². The Bertz CT molecular complexity index is 404. The fourth-order valence-corrected chi connectivity index (χ4v) is 2.82. The Morgan fingerprint density at radius 3 is 2.67 bits per heavy atom. The Hall–Kier alpha value is -1.35. The van der Waals surface area contributed by atoms with Crippen molar-refractivity contribution in [3.05, 3.63) is 35.9 Å². The first-order valence-electron chi connectivity index (χ1n) is 6.53. The molecular weight excluding hydrogens is 226 g/mol. The zero-order valence-electron chi connectivity index (χ0n) is 11.3. The van der Waals surface area contributed by atoms with Crippen LogP contribution < -0.4 is 0 Å². The Kier molecular flexibility index (Phi) is 4.02. The van der Waals surface area contributed by atoms with Gasteiger partial charge >= 0.3 is 5.97 Å². The number of carbonyl (C=O) groups excluding carboxylic acids is 1. The number of hydrogen-bond donors (Lipinski definition) is 0. The highest BCUT2D eigenvalue weighted by Crippen LogP contribution is 2.32. The lowest BCUT2D eigenvalue weighted by atomic mass is 10.0. The van der Waals surface area contributed by atoms with Crippen LogP contribution in [-0.2, 0) is 9.53 Å². The monoisotopic (exact) mass is 247 g/mol. The average Bonchev–Trinajstić information content (AvgIpc) is 2.80. The van der Waals surface area contributed by atoms with Crippen LogP contribution in [0.15, 0.2) is 30.3 Å². The van der Waals surface area contributed by atoms with Gasteiger partial charge in [0.25, 0.3) is 0 Å². The summed E-state index contributed by atoms with van der Waals surface area (Å²) in [6, 6.07) is 10.5. The fourth-order valence-electron chi connectivity index (χ4n) is 2.82. The van der Waals surface area contributed by atoms with Gasteiger partial charge in [-0.2, -0.15) is 0 Å². The zero-order valence-corrected chi connectivity index (χ0v) is 11.3. The molecule has 1 fully saturated rings. The number of likely N-dealkylation sites (tertiary alicyclic amines) is 1. The first kappa shape index (κ1) is 13.1. The first-order valence-corrected chi connectivity index (χ1v) is 6.53. The van der Waals surface area contributed by atoms with Crippen LogP contribution in [-0.4, -0.2) is 30.6 Å². The lowest BCUT2D eigenvalue weighted by Crippen LogP contribution is -2.41. The van der Waals surface area contributed by atoms with Gasteiger partial charge in [0.2, 0.25) is 0 Å². The summed E-state index contributed by atoms with van der Waals surface area (Å²) in [5.74, 6) is 0.256. The minimum Gasteiger partial charge on any atom is -0.468 e. The van der Waals surface area contributed by atoms with Crippen molar-refractivity contribution in [2.24, 2.45) is 5.92 Å². The molecule has 1 heterocycles. The summed E-state index contributed by atoms with van der Waals surface area (Å²) < 4.78 is 4.94. The normalized spacial score (nSPS) is 25.9. The summed E-state index contributed by atoms with van der Waals surface area (Å²) in [5.41, 5.74) is 1.25. The molecule has 18 heavy (non-hydrogen) atoms. The minimum atomic E-state index is -0.109. The van der Waals surface area contributed by atoms with Crippen LogP contribution in [0.5, 0.6) is 0 Å². The molecule has 0 radical (unpaired) electrons. The van der Waals surface area contributed by atoms with E-state index in [1.165, 1.54) is 12.7 Å². The van der Waals surface area contributed by atoms with Crippen molar-refractivity contribution in [3.8, 4) is 0 Å². The molecular formula is C15H21NO2. The largest absolute Gasteiger partial charge is 0.468 e. The topological polar surface area (TPSA) is 29.5 Å². The van der Waals surface area contributed by atoms with Gasteiger partial charge in [-0.15, -0.1) is 0 Å². The van der Waals surface area contributed by atoms with E-state index in [0.29, 0.717) is 5.92 Å². The number of nitrogens with zero attached hydrogens (tertiary/aromatic N) is 1. The Morgan fingerprint density at radius 2 is 2.06 bits per heavy atom. The Morgan fingerprint density at radius 1 is 1.39 bits per heavy atom. The third kappa shape index (κ3) is 2.41. The molecule has 0 spiro atoms. The van der Waals surface area contributed by atoms with Crippen molar-refractivity contribution < 1.29 is 9.53 Å². The van der Waals surface area contributed by atoms with E-state index in [2.05, 4.69) is 30.9 Å². The molecule has 3 unspecified atom stereocenters. The van der Waals surface area contributed by atoms with E-state index in [1.54, 1.807) is 0 Å². The van der Waals surface area contributed by atoms with Gasteiger partial charge in [-0.1, -0.05) is 37.3 Å². The van der Waals surface area contributed by atoms with E-state index in [0.717, 1.165) is 13.0 Å². The number of benzene rings is 1. The van der Waals surface area contributed by atoms with E-state index in [9.17, 15) is 4.79 Å². The van der Waals surface area contributed by atoms with Crippen molar-refractivity contribution in [2.45, 2.75) is 32.4 Å². The van der Waals surface area contributed by atoms with Crippen molar-refractivity contribution in [1.82, 2.24) is 4.90 Å². The first-order chi connectivity index (χ1) is 8.65. The molecule has 3 atom stereocenters. The van der Waals surface area contributed by atoms with Gasteiger partial charge in [0.05, 0.1) is 7.11 Å². The van der Waals surface area contributed by atoms with Gasteiger partial charge in [0.15, 0.2) is 0 Å². The summed E-state index contributed by atoms with van der Waals surface area (Å²) in [5, 5.41) is 0. The van der Waals surface area contributed by atoms with Crippen molar-refractivity contribution in [2.75, 3.05) is 13.7 Å². The van der Waals surface area contributed by atoms with Crippen molar-refractivity contribution in [3.63, 3.8) is 0 Å². The van der Waals surface area contributed by atoms with E-state index in [-0.39, 0.29) is 18.1 Å². The second-order valence-corrected chi connectivity index (χ2v) is 5.06. The van der Waals surface area contributed by atoms with Crippen LogP contribution in [0, 0.1) is 5.92 Å². The van der Waals surface area contributed by atoms with Gasteiger partial charge in [-0.25, -0.2) is 0 Å². The van der Waals surface area contributed by atoms with E-state index >= 15 is 0 Å². The van der Waals surface area contributed by atoms with Gasteiger partial charge in [-0.3, -0.25) is 9.69 Å². The molecule has 1 aromatic rings. The molecule has 3 nitrogen and oxygen atoms in total. The van der Waals surface area contributed by atoms with Crippen LogP contribution in [0.3, 0.4) is 0 Å². The molecule has 0 bridgehead atoms. The number of ether oxygens (including phenoxy) is 1. The quantitative estimate of drug-likeness (QED) is 0.769. The highest BCUT2D eigenvalue weighted by molar-refractivity contribution is 5.76. The third-order valence-corrected chi connectivity index (χ3v) is 3.96. The van der Waals surface area contributed by atoms with E-state index < -0.39 is 0 Å². The number of carbonyl (C=O) groups is 1. The number of hydrogen-bond acceptors (Lipinski definition) is 3.